The van der Waals surface area contributed by atoms with E-state index in [1.807, 2.05) is 102 Å². The molecule has 5 nitrogen and oxygen atoms in total. The van der Waals surface area contributed by atoms with Crippen molar-refractivity contribution in [3.8, 4) is 22.6 Å². The number of para-hydroxylation sites is 2. The van der Waals surface area contributed by atoms with Crippen molar-refractivity contribution < 1.29 is 0 Å². The lowest BCUT2D eigenvalue weighted by Crippen LogP contribution is -2.24. The Labute approximate surface area is 189 Å². The first-order valence-corrected chi connectivity index (χ1v) is 11.2. The summed E-state index contributed by atoms with van der Waals surface area (Å²) in [5.74, 6) is 0. The summed E-state index contributed by atoms with van der Waals surface area (Å²) in [4.78, 5) is 19.4. The number of hydrogen-bond donors (Lipinski definition) is 0. The molecule has 0 saturated carbocycles. The minimum atomic E-state index is -0.0821. The highest BCUT2D eigenvalue weighted by molar-refractivity contribution is 7.07. The molecule has 0 saturated heterocycles. The molecule has 0 radical (unpaired) electrons. The molecular formula is C26H22N4OS. The summed E-state index contributed by atoms with van der Waals surface area (Å²) in [7, 11) is 1.91. The SMILES string of the molecule is Cc1c(-n2c(-c3ccccc3)csc2=Nc2ccccc2)c(=O)n(-c2ccccc2)n1C. The van der Waals surface area contributed by atoms with Gasteiger partial charge < -0.3 is 0 Å². The maximum absolute atomic E-state index is 13.8. The first-order valence-electron chi connectivity index (χ1n) is 10.4. The molecule has 0 bridgehead atoms. The van der Waals surface area contributed by atoms with Gasteiger partial charge in [0.2, 0.25) is 0 Å². The third kappa shape index (κ3) is 3.44. The van der Waals surface area contributed by atoms with Crippen LogP contribution in [0.15, 0.2) is 106 Å². The van der Waals surface area contributed by atoms with Crippen molar-refractivity contribution >= 4 is 17.0 Å². The third-order valence-electron chi connectivity index (χ3n) is 5.51. The van der Waals surface area contributed by atoms with E-state index in [0.29, 0.717) is 5.69 Å². The zero-order valence-corrected chi connectivity index (χ0v) is 18.7. The van der Waals surface area contributed by atoms with Gasteiger partial charge in [-0.2, -0.15) is 0 Å². The molecule has 32 heavy (non-hydrogen) atoms. The summed E-state index contributed by atoms with van der Waals surface area (Å²) < 4.78 is 5.60. The molecule has 0 spiro atoms. The summed E-state index contributed by atoms with van der Waals surface area (Å²) in [5.41, 5.74) is 5.03. The Balaban J connectivity index is 1.83. The molecular weight excluding hydrogens is 416 g/mol. The summed E-state index contributed by atoms with van der Waals surface area (Å²) in [6.07, 6.45) is 0. The van der Waals surface area contributed by atoms with Crippen LogP contribution in [0, 0.1) is 6.92 Å². The van der Waals surface area contributed by atoms with Gasteiger partial charge in [0.25, 0.3) is 5.56 Å². The second-order valence-corrected chi connectivity index (χ2v) is 8.30. The fourth-order valence-corrected chi connectivity index (χ4v) is 4.75. The number of thiazole rings is 1. The molecule has 2 aromatic heterocycles. The van der Waals surface area contributed by atoms with Gasteiger partial charge in [0.1, 0.15) is 5.69 Å². The zero-order chi connectivity index (χ0) is 22.1. The number of nitrogens with zero attached hydrogens (tertiary/aromatic N) is 4. The van der Waals surface area contributed by atoms with Crippen LogP contribution in [0.25, 0.3) is 22.6 Å². The molecule has 2 heterocycles. The monoisotopic (exact) mass is 438 g/mol. The van der Waals surface area contributed by atoms with Crippen molar-refractivity contribution in [3.63, 3.8) is 0 Å². The average Bonchev–Trinajstić information content (AvgIpc) is 3.33. The summed E-state index contributed by atoms with van der Waals surface area (Å²) >= 11 is 1.53. The maximum atomic E-state index is 13.8. The molecule has 0 fully saturated rings. The fraction of sp³-hybridized carbons (Fsp3) is 0.0769. The standard InChI is InChI=1S/C26H22N4OS/c1-19-24(25(31)30(28(19)2)22-16-10-5-11-17-22)29-23(20-12-6-3-7-13-20)18-32-26(29)27-21-14-8-4-9-15-21/h3-18H,1-2H3. The zero-order valence-electron chi connectivity index (χ0n) is 17.8. The smallest absolute Gasteiger partial charge is 0.283 e. The lowest BCUT2D eigenvalue weighted by molar-refractivity contribution is 0.630. The molecule has 0 aliphatic carbocycles. The summed E-state index contributed by atoms with van der Waals surface area (Å²) in [6, 6.07) is 29.6. The lowest BCUT2D eigenvalue weighted by Gasteiger charge is -2.08. The fourth-order valence-electron chi connectivity index (χ4n) is 3.84. The van der Waals surface area contributed by atoms with E-state index in [1.165, 1.54) is 11.3 Å². The number of benzene rings is 3. The second kappa shape index (κ2) is 8.32. The van der Waals surface area contributed by atoms with Crippen LogP contribution in [-0.2, 0) is 7.05 Å². The molecule has 0 N–H and O–H groups in total. The molecule has 0 atom stereocenters. The molecule has 0 aliphatic heterocycles. The Morgan fingerprint density at radius 2 is 1.41 bits per heavy atom. The van der Waals surface area contributed by atoms with E-state index < -0.39 is 0 Å². The van der Waals surface area contributed by atoms with Crippen molar-refractivity contribution in [1.29, 1.82) is 0 Å². The van der Waals surface area contributed by atoms with Gasteiger partial charge in [0, 0.05) is 12.4 Å². The molecule has 0 aliphatic rings. The molecule has 0 amide bonds. The summed E-state index contributed by atoms with van der Waals surface area (Å²) in [5, 5.41) is 2.07. The largest absolute Gasteiger partial charge is 0.296 e. The highest BCUT2D eigenvalue weighted by Crippen LogP contribution is 2.25. The van der Waals surface area contributed by atoms with Crippen molar-refractivity contribution in [3.05, 3.63) is 117 Å². The van der Waals surface area contributed by atoms with Crippen molar-refractivity contribution in [2.45, 2.75) is 6.92 Å². The van der Waals surface area contributed by atoms with Crippen molar-refractivity contribution in [2.24, 2.45) is 12.0 Å². The predicted octanol–water partition coefficient (Wildman–Crippen LogP) is 5.24. The van der Waals surface area contributed by atoms with Crippen molar-refractivity contribution in [2.75, 3.05) is 0 Å². The third-order valence-corrected chi connectivity index (χ3v) is 6.33. The van der Waals surface area contributed by atoms with Gasteiger partial charge in [-0.25, -0.2) is 9.67 Å². The van der Waals surface area contributed by atoms with Gasteiger partial charge in [0.05, 0.1) is 22.8 Å². The molecule has 5 aromatic rings. The van der Waals surface area contributed by atoms with E-state index >= 15 is 0 Å². The van der Waals surface area contributed by atoms with Crippen molar-refractivity contribution in [1.82, 2.24) is 13.9 Å². The van der Waals surface area contributed by atoms with Crippen LogP contribution in [0.4, 0.5) is 5.69 Å². The molecule has 0 unspecified atom stereocenters. The Kier molecular flexibility index (Phi) is 5.21. The average molecular weight is 439 g/mol. The van der Waals surface area contributed by atoms with Crippen LogP contribution in [0.2, 0.25) is 0 Å². The Morgan fingerprint density at radius 1 is 0.812 bits per heavy atom. The summed E-state index contributed by atoms with van der Waals surface area (Å²) in [6.45, 7) is 1.97. The van der Waals surface area contributed by atoms with Gasteiger partial charge in [-0.15, -0.1) is 11.3 Å². The molecule has 3 aromatic carbocycles. The van der Waals surface area contributed by atoms with E-state index in [-0.39, 0.29) is 5.56 Å². The van der Waals surface area contributed by atoms with Crippen LogP contribution in [0.3, 0.4) is 0 Å². The first-order chi connectivity index (χ1) is 15.6. The van der Waals surface area contributed by atoms with Crippen LogP contribution < -0.4 is 10.4 Å². The molecule has 5 rings (SSSR count). The molecule has 6 heteroatoms. The van der Waals surface area contributed by atoms with E-state index in [0.717, 1.165) is 33.1 Å². The van der Waals surface area contributed by atoms with Crippen LogP contribution in [-0.4, -0.2) is 13.9 Å². The number of aromatic nitrogens is 3. The highest BCUT2D eigenvalue weighted by atomic mass is 32.1. The van der Waals surface area contributed by atoms with E-state index in [1.54, 1.807) is 4.68 Å². The van der Waals surface area contributed by atoms with Gasteiger partial charge >= 0.3 is 0 Å². The first kappa shape index (κ1) is 20.0. The van der Waals surface area contributed by atoms with Gasteiger partial charge in [-0.3, -0.25) is 14.0 Å². The quantitative estimate of drug-likeness (QED) is 0.379. The number of rotatable bonds is 4. The van der Waals surface area contributed by atoms with Gasteiger partial charge in [-0.1, -0.05) is 66.7 Å². The van der Waals surface area contributed by atoms with Gasteiger partial charge in [-0.05, 0) is 36.8 Å². The van der Waals surface area contributed by atoms with Crippen LogP contribution in [0.1, 0.15) is 5.69 Å². The Bertz CT molecular complexity index is 1490. The highest BCUT2D eigenvalue weighted by Gasteiger charge is 2.21. The van der Waals surface area contributed by atoms with E-state index in [9.17, 15) is 4.79 Å². The Hall–Kier alpha value is -3.90. The van der Waals surface area contributed by atoms with Gasteiger partial charge in [0.15, 0.2) is 4.80 Å². The maximum Gasteiger partial charge on any atom is 0.296 e. The predicted molar refractivity (Wildman–Crippen MR) is 130 cm³/mol. The molecule has 158 valence electrons. The van der Waals surface area contributed by atoms with E-state index in [2.05, 4.69) is 17.5 Å². The lowest BCUT2D eigenvalue weighted by atomic mass is 10.1. The Morgan fingerprint density at radius 3 is 2.06 bits per heavy atom. The second-order valence-electron chi connectivity index (χ2n) is 7.46. The number of hydrogen-bond acceptors (Lipinski definition) is 3. The minimum absolute atomic E-state index is 0.0821. The topological polar surface area (TPSA) is 44.2 Å². The minimum Gasteiger partial charge on any atom is -0.283 e. The van der Waals surface area contributed by atoms with E-state index in [4.69, 9.17) is 4.99 Å². The normalized spacial score (nSPS) is 11.8. The van der Waals surface area contributed by atoms with Crippen LogP contribution in [0.5, 0.6) is 0 Å². The van der Waals surface area contributed by atoms with Crippen LogP contribution >= 0.6 is 11.3 Å².